The van der Waals surface area contributed by atoms with Crippen molar-refractivity contribution >= 4 is 5.91 Å². The lowest BCUT2D eigenvalue weighted by molar-refractivity contribution is -0.124. The van der Waals surface area contributed by atoms with Crippen molar-refractivity contribution in [2.75, 3.05) is 6.61 Å². The lowest BCUT2D eigenvalue weighted by Crippen LogP contribution is -2.43. The molecule has 0 saturated carbocycles. The van der Waals surface area contributed by atoms with E-state index in [1.54, 1.807) is 0 Å². The monoisotopic (exact) mass is 340 g/mol. The van der Waals surface area contributed by atoms with E-state index in [2.05, 4.69) is 41.8 Å². The summed E-state index contributed by atoms with van der Waals surface area (Å²) in [6, 6.07) is 18.5. The fourth-order valence-electron chi connectivity index (χ4n) is 2.44. The fraction of sp³-hybridized carbons (Fsp3) is 0.381. The normalized spacial score (nSPS) is 12.5. The van der Waals surface area contributed by atoms with Gasteiger partial charge in [-0.2, -0.15) is 0 Å². The number of carbonyl (C=O) groups is 1. The van der Waals surface area contributed by atoms with Crippen LogP contribution in [0.1, 0.15) is 44.9 Å². The van der Waals surface area contributed by atoms with Gasteiger partial charge in [0.1, 0.15) is 5.75 Å². The van der Waals surface area contributed by atoms with Gasteiger partial charge in [-0.05, 0) is 51.0 Å². The minimum absolute atomic E-state index is 0.0277. The molecule has 0 bridgehead atoms. The van der Waals surface area contributed by atoms with Crippen molar-refractivity contribution in [2.24, 2.45) is 0 Å². The molecule has 2 rings (SSSR count). The maximum atomic E-state index is 11.8. The molecule has 0 aliphatic rings. The van der Waals surface area contributed by atoms with Crippen molar-refractivity contribution in [3.63, 3.8) is 0 Å². The van der Waals surface area contributed by atoms with Crippen LogP contribution < -0.4 is 15.4 Å². The summed E-state index contributed by atoms with van der Waals surface area (Å²) in [7, 11) is 0. The highest BCUT2D eigenvalue weighted by Crippen LogP contribution is 2.15. The van der Waals surface area contributed by atoms with Crippen LogP contribution in [0.4, 0.5) is 0 Å². The van der Waals surface area contributed by atoms with Crippen LogP contribution >= 0.6 is 0 Å². The third-order valence-corrected chi connectivity index (χ3v) is 3.72. The summed E-state index contributed by atoms with van der Waals surface area (Å²) in [5, 5.41) is 6.38. The number of benzene rings is 2. The predicted molar refractivity (Wildman–Crippen MR) is 102 cm³/mol. The van der Waals surface area contributed by atoms with E-state index in [0.29, 0.717) is 11.8 Å². The van der Waals surface area contributed by atoms with Gasteiger partial charge >= 0.3 is 0 Å². The number of hydrogen-bond acceptors (Lipinski definition) is 3. The van der Waals surface area contributed by atoms with Crippen molar-refractivity contribution < 1.29 is 9.53 Å². The molecule has 0 unspecified atom stereocenters. The SMILES string of the molecule is C[C@H](NCc1ccc(OCC(=O)NC(C)(C)C)cc1)c1ccccc1. The number of amides is 1. The minimum atomic E-state index is -0.245. The van der Waals surface area contributed by atoms with Crippen molar-refractivity contribution in [2.45, 2.75) is 45.8 Å². The van der Waals surface area contributed by atoms with Crippen LogP contribution in [-0.2, 0) is 11.3 Å². The Kier molecular flexibility index (Phi) is 6.59. The number of nitrogens with one attached hydrogen (secondary N) is 2. The molecule has 1 amide bonds. The predicted octanol–water partition coefficient (Wildman–Crippen LogP) is 3.83. The Morgan fingerprint density at radius 1 is 1.04 bits per heavy atom. The quantitative estimate of drug-likeness (QED) is 0.805. The van der Waals surface area contributed by atoms with E-state index in [-0.39, 0.29) is 18.1 Å². The van der Waals surface area contributed by atoms with Crippen LogP contribution in [0.25, 0.3) is 0 Å². The first-order valence-electron chi connectivity index (χ1n) is 8.64. The average molecular weight is 340 g/mol. The Morgan fingerprint density at radius 3 is 2.28 bits per heavy atom. The first-order valence-corrected chi connectivity index (χ1v) is 8.64. The standard InChI is InChI=1S/C21H28N2O2/c1-16(18-8-6-5-7-9-18)22-14-17-10-12-19(13-11-17)25-15-20(24)23-21(2,3)4/h5-13,16,22H,14-15H2,1-4H3,(H,23,24)/t16-/m0/s1. The highest BCUT2D eigenvalue weighted by Gasteiger charge is 2.13. The van der Waals surface area contributed by atoms with E-state index < -0.39 is 0 Å². The van der Waals surface area contributed by atoms with Gasteiger partial charge in [-0.25, -0.2) is 0 Å². The number of rotatable bonds is 7. The molecule has 0 heterocycles. The second-order valence-electron chi connectivity index (χ2n) is 7.24. The average Bonchev–Trinajstić information content (AvgIpc) is 2.58. The van der Waals surface area contributed by atoms with Gasteiger partial charge in [0.15, 0.2) is 6.61 Å². The molecule has 0 saturated heterocycles. The van der Waals surface area contributed by atoms with E-state index >= 15 is 0 Å². The van der Waals surface area contributed by atoms with Gasteiger partial charge in [-0.3, -0.25) is 4.79 Å². The van der Waals surface area contributed by atoms with Crippen molar-refractivity contribution in [3.8, 4) is 5.75 Å². The van der Waals surface area contributed by atoms with E-state index in [1.165, 1.54) is 11.1 Å². The van der Waals surface area contributed by atoms with Crippen LogP contribution in [0.15, 0.2) is 54.6 Å². The van der Waals surface area contributed by atoms with Crippen LogP contribution in [0.5, 0.6) is 5.75 Å². The third kappa shape index (κ3) is 6.98. The Labute approximate surface area is 150 Å². The molecule has 0 aliphatic carbocycles. The van der Waals surface area contributed by atoms with Crippen molar-refractivity contribution in [3.05, 3.63) is 65.7 Å². The smallest absolute Gasteiger partial charge is 0.258 e. The summed E-state index contributed by atoms with van der Waals surface area (Å²) < 4.78 is 5.53. The number of carbonyl (C=O) groups excluding carboxylic acids is 1. The molecule has 2 aromatic carbocycles. The topological polar surface area (TPSA) is 50.4 Å². The summed E-state index contributed by atoms with van der Waals surface area (Å²) >= 11 is 0. The first kappa shape index (κ1) is 19.0. The molecule has 4 heteroatoms. The highest BCUT2D eigenvalue weighted by atomic mass is 16.5. The highest BCUT2D eigenvalue weighted by molar-refractivity contribution is 5.78. The van der Waals surface area contributed by atoms with Gasteiger partial charge in [0.25, 0.3) is 5.91 Å². The summed E-state index contributed by atoms with van der Waals surface area (Å²) in [4.78, 5) is 11.8. The van der Waals surface area contributed by atoms with Crippen LogP contribution in [-0.4, -0.2) is 18.1 Å². The van der Waals surface area contributed by atoms with Gasteiger partial charge in [0.2, 0.25) is 0 Å². The van der Waals surface area contributed by atoms with E-state index in [9.17, 15) is 4.79 Å². The fourth-order valence-corrected chi connectivity index (χ4v) is 2.44. The Hall–Kier alpha value is -2.33. The zero-order valence-corrected chi connectivity index (χ0v) is 15.5. The van der Waals surface area contributed by atoms with Crippen LogP contribution in [0.2, 0.25) is 0 Å². The Bertz CT molecular complexity index is 661. The molecular weight excluding hydrogens is 312 g/mol. The molecule has 134 valence electrons. The third-order valence-electron chi connectivity index (χ3n) is 3.72. The maximum absolute atomic E-state index is 11.8. The second-order valence-corrected chi connectivity index (χ2v) is 7.24. The number of hydrogen-bond donors (Lipinski definition) is 2. The first-order chi connectivity index (χ1) is 11.8. The lowest BCUT2D eigenvalue weighted by Gasteiger charge is -2.20. The molecule has 0 spiro atoms. The summed E-state index contributed by atoms with van der Waals surface area (Å²) in [6.45, 7) is 8.80. The largest absolute Gasteiger partial charge is 0.484 e. The molecule has 0 aliphatic heterocycles. The molecule has 25 heavy (non-hydrogen) atoms. The molecule has 0 radical (unpaired) electrons. The summed E-state index contributed by atoms with van der Waals surface area (Å²) in [5.74, 6) is 0.582. The zero-order valence-electron chi connectivity index (χ0n) is 15.5. The molecule has 4 nitrogen and oxygen atoms in total. The van der Waals surface area contributed by atoms with Crippen LogP contribution in [0, 0.1) is 0 Å². The molecule has 2 aromatic rings. The van der Waals surface area contributed by atoms with Gasteiger partial charge in [-0.1, -0.05) is 42.5 Å². The Balaban J connectivity index is 1.79. The summed E-state index contributed by atoms with van der Waals surface area (Å²) in [5.41, 5.74) is 2.20. The van der Waals surface area contributed by atoms with E-state index in [4.69, 9.17) is 4.74 Å². The van der Waals surface area contributed by atoms with Crippen molar-refractivity contribution in [1.29, 1.82) is 0 Å². The van der Waals surface area contributed by atoms with E-state index in [0.717, 1.165) is 6.54 Å². The summed E-state index contributed by atoms with van der Waals surface area (Å²) in [6.07, 6.45) is 0. The molecule has 0 fully saturated rings. The van der Waals surface area contributed by atoms with Gasteiger partial charge in [0, 0.05) is 18.1 Å². The van der Waals surface area contributed by atoms with Gasteiger partial charge < -0.3 is 15.4 Å². The van der Waals surface area contributed by atoms with Gasteiger partial charge in [0.05, 0.1) is 0 Å². The van der Waals surface area contributed by atoms with Crippen LogP contribution in [0.3, 0.4) is 0 Å². The molecule has 1 atom stereocenters. The Morgan fingerprint density at radius 2 is 1.68 bits per heavy atom. The number of ether oxygens (including phenoxy) is 1. The maximum Gasteiger partial charge on any atom is 0.258 e. The van der Waals surface area contributed by atoms with E-state index in [1.807, 2.05) is 51.1 Å². The van der Waals surface area contributed by atoms with Crippen molar-refractivity contribution in [1.82, 2.24) is 10.6 Å². The van der Waals surface area contributed by atoms with Gasteiger partial charge in [-0.15, -0.1) is 0 Å². The lowest BCUT2D eigenvalue weighted by atomic mass is 10.1. The minimum Gasteiger partial charge on any atom is -0.484 e. The zero-order chi connectivity index (χ0) is 18.3. The molecule has 2 N–H and O–H groups in total. The molecular formula is C21H28N2O2. The molecule has 0 aromatic heterocycles. The second kappa shape index (κ2) is 8.67.